The smallest absolute Gasteiger partial charge is 0.242 e. The Labute approximate surface area is 220 Å². The van der Waals surface area contributed by atoms with E-state index < -0.39 is 16.1 Å². The molecule has 0 saturated carbocycles. The number of hydrogen-bond acceptors (Lipinski definition) is 4. The number of benzene rings is 2. The Morgan fingerprint density at radius 1 is 1.03 bits per heavy atom. The van der Waals surface area contributed by atoms with Gasteiger partial charge in [-0.15, -0.1) is 0 Å². The molecule has 0 radical (unpaired) electrons. The number of nitrogens with one attached hydrogen (secondary N) is 1. The van der Waals surface area contributed by atoms with Crippen LogP contribution in [0.4, 0.5) is 5.69 Å². The van der Waals surface area contributed by atoms with E-state index in [4.69, 9.17) is 11.6 Å². The van der Waals surface area contributed by atoms with Gasteiger partial charge in [0.2, 0.25) is 21.8 Å². The summed E-state index contributed by atoms with van der Waals surface area (Å²) >= 11 is 6.00. The van der Waals surface area contributed by atoms with Crippen molar-refractivity contribution in [2.75, 3.05) is 23.7 Å². The van der Waals surface area contributed by atoms with Crippen LogP contribution in [0.15, 0.2) is 42.5 Å². The highest BCUT2D eigenvalue weighted by Gasteiger charge is 2.27. The zero-order chi connectivity index (χ0) is 27.0. The molecule has 198 valence electrons. The lowest BCUT2D eigenvalue weighted by Crippen LogP contribution is -2.48. The van der Waals surface area contributed by atoms with Gasteiger partial charge >= 0.3 is 0 Å². The van der Waals surface area contributed by atoms with Crippen LogP contribution in [-0.4, -0.2) is 50.5 Å². The number of anilines is 1. The molecule has 2 rings (SSSR count). The number of carbonyl (C=O) groups excluding carboxylic acids is 2. The van der Waals surface area contributed by atoms with Gasteiger partial charge < -0.3 is 10.2 Å². The average molecular weight is 536 g/mol. The van der Waals surface area contributed by atoms with Gasteiger partial charge in [0.1, 0.15) is 6.04 Å². The Bertz CT molecular complexity index is 1150. The molecule has 0 heterocycles. The highest BCUT2D eigenvalue weighted by molar-refractivity contribution is 7.92. The summed E-state index contributed by atoms with van der Waals surface area (Å²) in [5.74, 6) is -0.153. The van der Waals surface area contributed by atoms with Gasteiger partial charge in [0.15, 0.2) is 0 Å². The fraction of sp³-hybridized carbons (Fsp3) is 0.481. The molecule has 36 heavy (non-hydrogen) atoms. The Morgan fingerprint density at radius 3 is 2.25 bits per heavy atom. The first-order chi connectivity index (χ1) is 16.8. The molecule has 2 amide bonds. The van der Waals surface area contributed by atoms with Crippen LogP contribution in [0.5, 0.6) is 0 Å². The number of halogens is 1. The molecule has 0 unspecified atom stereocenters. The summed E-state index contributed by atoms with van der Waals surface area (Å²) < 4.78 is 26.5. The molecular weight excluding hydrogens is 498 g/mol. The zero-order valence-corrected chi connectivity index (χ0v) is 23.6. The van der Waals surface area contributed by atoms with Crippen molar-refractivity contribution >= 4 is 39.1 Å². The molecule has 0 spiro atoms. The Kier molecular flexibility index (Phi) is 10.8. The van der Waals surface area contributed by atoms with Gasteiger partial charge in [-0.1, -0.05) is 49.7 Å². The monoisotopic (exact) mass is 535 g/mol. The van der Waals surface area contributed by atoms with Crippen molar-refractivity contribution in [3.63, 3.8) is 0 Å². The highest BCUT2D eigenvalue weighted by atomic mass is 35.5. The van der Waals surface area contributed by atoms with Gasteiger partial charge in [0.25, 0.3) is 0 Å². The number of hydrogen-bond donors (Lipinski definition) is 1. The molecule has 7 nitrogen and oxygen atoms in total. The van der Waals surface area contributed by atoms with Gasteiger partial charge in [0.05, 0.1) is 11.9 Å². The maximum Gasteiger partial charge on any atom is 0.242 e. The summed E-state index contributed by atoms with van der Waals surface area (Å²) in [4.78, 5) is 27.7. The van der Waals surface area contributed by atoms with E-state index in [0.717, 1.165) is 16.7 Å². The summed E-state index contributed by atoms with van der Waals surface area (Å²) in [6.07, 6.45) is 1.59. The second-order valence-corrected chi connectivity index (χ2v) is 12.0. The van der Waals surface area contributed by atoms with E-state index in [9.17, 15) is 18.0 Å². The molecule has 0 aliphatic heterocycles. The van der Waals surface area contributed by atoms with Gasteiger partial charge in [-0.2, -0.15) is 0 Å². The summed E-state index contributed by atoms with van der Waals surface area (Å²) in [6, 6.07) is 12.1. The zero-order valence-electron chi connectivity index (χ0n) is 22.0. The summed E-state index contributed by atoms with van der Waals surface area (Å²) in [5, 5.41) is 3.49. The van der Waals surface area contributed by atoms with E-state index in [1.165, 1.54) is 10.6 Å². The van der Waals surface area contributed by atoms with Crippen LogP contribution in [-0.2, 0) is 26.2 Å². The van der Waals surface area contributed by atoms with Crippen molar-refractivity contribution in [2.24, 2.45) is 5.92 Å². The highest BCUT2D eigenvalue weighted by Crippen LogP contribution is 2.25. The average Bonchev–Trinajstić information content (AvgIpc) is 2.80. The standard InChI is InChI=1S/C27H38ClN3O4S/c1-19(2)17-29-27(33)22(5)30(18-23-11-13-24(28)14-12-23)26(32)8-7-15-31(36(6,34)35)25-16-20(3)9-10-21(25)4/h9-14,16,19,22H,7-8,15,17-18H2,1-6H3,(H,29,33)/t22-/m0/s1. The molecular formula is C27H38ClN3O4S. The van der Waals surface area contributed by atoms with Gasteiger partial charge in [-0.3, -0.25) is 13.9 Å². The van der Waals surface area contributed by atoms with E-state index in [2.05, 4.69) is 5.32 Å². The maximum absolute atomic E-state index is 13.3. The largest absolute Gasteiger partial charge is 0.354 e. The minimum Gasteiger partial charge on any atom is -0.354 e. The molecule has 0 aromatic heterocycles. The van der Waals surface area contributed by atoms with E-state index in [0.29, 0.717) is 23.7 Å². The van der Waals surface area contributed by atoms with E-state index in [-0.39, 0.29) is 37.2 Å². The Balaban J connectivity index is 2.18. The summed E-state index contributed by atoms with van der Waals surface area (Å²) in [6.45, 7) is 10.4. The van der Waals surface area contributed by atoms with Crippen molar-refractivity contribution in [2.45, 2.75) is 60.0 Å². The molecule has 1 atom stereocenters. The van der Waals surface area contributed by atoms with Crippen molar-refractivity contribution < 1.29 is 18.0 Å². The Morgan fingerprint density at radius 2 is 1.67 bits per heavy atom. The van der Waals surface area contributed by atoms with Crippen LogP contribution < -0.4 is 9.62 Å². The third kappa shape index (κ3) is 8.82. The van der Waals surface area contributed by atoms with Crippen molar-refractivity contribution in [3.8, 4) is 0 Å². The molecule has 2 aromatic rings. The first kappa shape index (κ1) is 29.6. The molecule has 0 saturated heterocycles. The molecule has 0 fully saturated rings. The molecule has 0 aliphatic carbocycles. The number of amides is 2. The van der Waals surface area contributed by atoms with Crippen LogP contribution in [0, 0.1) is 19.8 Å². The number of carbonyl (C=O) groups is 2. The van der Waals surface area contributed by atoms with Crippen LogP contribution >= 0.6 is 11.6 Å². The Hall–Kier alpha value is -2.58. The fourth-order valence-electron chi connectivity index (χ4n) is 3.79. The predicted octanol–water partition coefficient (Wildman–Crippen LogP) is 4.69. The van der Waals surface area contributed by atoms with E-state index in [1.807, 2.05) is 58.0 Å². The van der Waals surface area contributed by atoms with Gasteiger partial charge in [-0.25, -0.2) is 8.42 Å². The minimum atomic E-state index is -3.54. The fourth-order valence-corrected chi connectivity index (χ4v) is 4.93. The minimum absolute atomic E-state index is 0.103. The number of rotatable bonds is 12. The van der Waals surface area contributed by atoms with Crippen LogP contribution in [0.1, 0.15) is 50.3 Å². The summed E-state index contributed by atoms with van der Waals surface area (Å²) in [5.41, 5.74) is 3.27. The summed E-state index contributed by atoms with van der Waals surface area (Å²) in [7, 11) is -3.54. The second kappa shape index (κ2) is 13.1. The van der Waals surface area contributed by atoms with E-state index in [1.54, 1.807) is 24.0 Å². The lowest BCUT2D eigenvalue weighted by atomic mass is 10.1. The molecule has 2 aromatic carbocycles. The number of nitrogens with zero attached hydrogens (tertiary/aromatic N) is 2. The quantitative estimate of drug-likeness (QED) is 0.427. The molecule has 0 bridgehead atoms. The maximum atomic E-state index is 13.3. The SMILES string of the molecule is Cc1ccc(C)c(N(CCCC(=O)N(Cc2ccc(Cl)cc2)[C@@H](C)C(=O)NCC(C)C)S(C)(=O)=O)c1. The van der Waals surface area contributed by atoms with Crippen molar-refractivity contribution in [3.05, 3.63) is 64.2 Å². The third-order valence-corrected chi connectivity index (χ3v) is 7.34. The van der Waals surface area contributed by atoms with Crippen molar-refractivity contribution in [1.29, 1.82) is 0 Å². The normalized spacial score (nSPS) is 12.3. The second-order valence-electron chi connectivity index (χ2n) is 9.69. The molecule has 1 N–H and O–H groups in total. The molecule has 9 heteroatoms. The predicted molar refractivity (Wildman–Crippen MR) is 147 cm³/mol. The van der Waals surface area contributed by atoms with E-state index >= 15 is 0 Å². The third-order valence-electron chi connectivity index (χ3n) is 5.90. The van der Waals surface area contributed by atoms with Crippen LogP contribution in [0.3, 0.4) is 0 Å². The number of aryl methyl sites for hydroxylation is 2. The van der Waals surface area contributed by atoms with Gasteiger partial charge in [0, 0.05) is 31.1 Å². The topological polar surface area (TPSA) is 86.8 Å². The lowest BCUT2D eigenvalue weighted by molar-refractivity contribution is -0.140. The number of sulfonamides is 1. The first-order valence-electron chi connectivity index (χ1n) is 12.2. The first-order valence-corrected chi connectivity index (χ1v) is 14.4. The van der Waals surface area contributed by atoms with Crippen LogP contribution in [0.25, 0.3) is 0 Å². The van der Waals surface area contributed by atoms with Crippen LogP contribution in [0.2, 0.25) is 5.02 Å². The molecule has 0 aliphatic rings. The van der Waals surface area contributed by atoms with Crippen molar-refractivity contribution in [1.82, 2.24) is 10.2 Å². The van der Waals surface area contributed by atoms with Gasteiger partial charge in [-0.05, 0) is 68.0 Å². The lowest BCUT2D eigenvalue weighted by Gasteiger charge is -2.30.